The molecule has 3 rings (SSSR count). The summed E-state index contributed by atoms with van der Waals surface area (Å²) in [6.07, 6.45) is 10.4. The predicted octanol–water partition coefficient (Wildman–Crippen LogP) is 3.51. The number of rotatable bonds is 3. The predicted molar refractivity (Wildman–Crippen MR) is 83.6 cm³/mol. The van der Waals surface area contributed by atoms with Gasteiger partial charge in [0.2, 0.25) is 0 Å². The Bertz CT molecular complexity index is 449. The summed E-state index contributed by atoms with van der Waals surface area (Å²) in [7, 11) is 1.82. The fraction of sp³-hybridized carbons (Fsp3) is 0.667. The molecule has 1 saturated heterocycles. The van der Waals surface area contributed by atoms with E-state index in [1.54, 1.807) is 5.56 Å². The number of methoxy groups -OCH3 is 1. The van der Waals surface area contributed by atoms with Gasteiger partial charge in [0.05, 0.1) is 7.11 Å². The van der Waals surface area contributed by atoms with Crippen LogP contribution in [-0.2, 0) is 19.3 Å². The first-order valence-electron chi connectivity index (χ1n) is 8.26. The molecule has 1 aromatic rings. The SMILES string of the molecule is COc1cc2c(cc1CC1CCNCC1)CCCCC2. The first kappa shape index (κ1) is 13.9. The minimum absolute atomic E-state index is 0.828. The van der Waals surface area contributed by atoms with Gasteiger partial charge in [0.15, 0.2) is 0 Å². The number of aryl methyl sites for hydroxylation is 2. The normalized spacial score (nSPS) is 20.2. The van der Waals surface area contributed by atoms with Crippen LogP contribution >= 0.6 is 0 Å². The molecule has 110 valence electrons. The van der Waals surface area contributed by atoms with E-state index < -0.39 is 0 Å². The van der Waals surface area contributed by atoms with Gasteiger partial charge in [-0.25, -0.2) is 0 Å². The van der Waals surface area contributed by atoms with Gasteiger partial charge in [-0.1, -0.05) is 12.5 Å². The van der Waals surface area contributed by atoms with Crippen molar-refractivity contribution in [3.8, 4) is 5.75 Å². The minimum Gasteiger partial charge on any atom is -0.496 e. The van der Waals surface area contributed by atoms with Crippen LogP contribution in [0.5, 0.6) is 5.75 Å². The van der Waals surface area contributed by atoms with Crippen LogP contribution in [0.3, 0.4) is 0 Å². The monoisotopic (exact) mass is 273 g/mol. The summed E-state index contributed by atoms with van der Waals surface area (Å²) < 4.78 is 5.68. The lowest BCUT2D eigenvalue weighted by molar-refractivity contribution is 0.361. The second-order valence-corrected chi connectivity index (χ2v) is 6.39. The van der Waals surface area contributed by atoms with E-state index in [1.807, 2.05) is 7.11 Å². The van der Waals surface area contributed by atoms with E-state index in [1.165, 1.54) is 75.6 Å². The number of hydrogen-bond donors (Lipinski definition) is 1. The van der Waals surface area contributed by atoms with Crippen molar-refractivity contribution in [2.24, 2.45) is 5.92 Å². The summed E-state index contributed by atoms with van der Waals surface area (Å²) >= 11 is 0. The van der Waals surface area contributed by atoms with Crippen LogP contribution < -0.4 is 10.1 Å². The van der Waals surface area contributed by atoms with Crippen LogP contribution in [0.15, 0.2) is 12.1 Å². The first-order chi connectivity index (χ1) is 9.86. The lowest BCUT2D eigenvalue weighted by atomic mass is 9.88. The fourth-order valence-electron chi connectivity index (χ4n) is 3.74. The Kier molecular flexibility index (Phi) is 4.62. The standard InChI is InChI=1S/C18H27NO/c1-20-18-13-16-6-4-2-3-5-15(16)12-17(18)11-14-7-9-19-10-8-14/h12-14,19H,2-11H2,1H3. The topological polar surface area (TPSA) is 21.3 Å². The molecule has 1 N–H and O–H groups in total. The summed E-state index contributed by atoms with van der Waals surface area (Å²) in [5.74, 6) is 1.96. The quantitative estimate of drug-likeness (QED) is 0.851. The molecule has 0 radical (unpaired) electrons. The van der Waals surface area contributed by atoms with E-state index in [0.717, 1.165) is 11.7 Å². The number of hydrogen-bond acceptors (Lipinski definition) is 2. The number of piperidine rings is 1. The minimum atomic E-state index is 0.828. The molecule has 1 fully saturated rings. The van der Waals surface area contributed by atoms with Gasteiger partial charge < -0.3 is 10.1 Å². The smallest absolute Gasteiger partial charge is 0.122 e. The average Bonchev–Trinajstić information content (AvgIpc) is 2.72. The maximum atomic E-state index is 5.68. The second kappa shape index (κ2) is 6.62. The Balaban J connectivity index is 1.82. The average molecular weight is 273 g/mol. The molecule has 0 spiro atoms. The Hall–Kier alpha value is -1.02. The largest absolute Gasteiger partial charge is 0.496 e. The van der Waals surface area contributed by atoms with E-state index in [9.17, 15) is 0 Å². The number of fused-ring (bicyclic) bond motifs is 1. The Morgan fingerprint density at radius 3 is 2.45 bits per heavy atom. The number of benzene rings is 1. The van der Waals surface area contributed by atoms with Gasteiger partial charge in [-0.05, 0) is 86.7 Å². The molecule has 0 atom stereocenters. The molecule has 2 heteroatoms. The molecule has 1 heterocycles. The Morgan fingerprint density at radius 2 is 1.75 bits per heavy atom. The summed E-state index contributed by atoms with van der Waals surface area (Å²) in [5, 5.41) is 3.46. The molecule has 2 aliphatic rings. The molecule has 0 bridgehead atoms. The molecule has 0 amide bonds. The Labute approximate surface area is 122 Å². The molecule has 20 heavy (non-hydrogen) atoms. The van der Waals surface area contributed by atoms with E-state index in [4.69, 9.17) is 4.74 Å². The van der Waals surface area contributed by atoms with Crippen molar-refractivity contribution < 1.29 is 4.74 Å². The van der Waals surface area contributed by atoms with Crippen molar-refractivity contribution in [2.75, 3.05) is 20.2 Å². The highest BCUT2D eigenvalue weighted by Crippen LogP contribution is 2.31. The molecule has 1 aromatic carbocycles. The maximum Gasteiger partial charge on any atom is 0.122 e. The Morgan fingerprint density at radius 1 is 1.05 bits per heavy atom. The van der Waals surface area contributed by atoms with E-state index in [-0.39, 0.29) is 0 Å². The van der Waals surface area contributed by atoms with Crippen LogP contribution in [0.2, 0.25) is 0 Å². The van der Waals surface area contributed by atoms with Crippen molar-refractivity contribution in [1.82, 2.24) is 5.32 Å². The molecule has 0 aromatic heterocycles. The lowest BCUT2D eigenvalue weighted by Crippen LogP contribution is -2.28. The van der Waals surface area contributed by atoms with Gasteiger partial charge in [0.25, 0.3) is 0 Å². The molecule has 0 unspecified atom stereocenters. The highest BCUT2D eigenvalue weighted by Gasteiger charge is 2.18. The van der Waals surface area contributed by atoms with E-state index in [2.05, 4.69) is 17.4 Å². The van der Waals surface area contributed by atoms with Crippen molar-refractivity contribution in [2.45, 2.75) is 51.4 Å². The summed E-state index contributed by atoms with van der Waals surface area (Å²) in [6.45, 7) is 2.36. The molecule has 1 aliphatic heterocycles. The number of nitrogens with one attached hydrogen (secondary N) is 1. The third-order valence-corrected chi connectivity index (χ3v) is 4.96. The van der Waals surface area contributed by atoms with Crippen LogP contribution in [0, 0.1) is 5.92 Å². The third-order valence-electron chi connectivity index (χ3n) is 4.96. The molecular weight excluding hydrogens is 246 g/mol. The highest BCUT2D eigenvalue weighted by molar-refractivity contribution is 5.43. The highest BCUT2D eigenvalue weighted by atomic mass is 16.5. The number of ether oxygens (including phenoxy) is 1. The zero-order chi connectivity index (χ0) is 13.8. The van der Waals surface area contributed by atoms with Gasteiger partial charge in [-0.2, -0.15) is 0 Å². The van der Waals surface area contributed by atoms with Crippen molar-refractivity contribution in [3.63, 3.8) is 0 Å². The van der Waals surface area contributed by atoms with Gasteiger partial charge in [-0.3, -0.25) is 0 Å². The van der Waals surface area contributed by atoms with Crippen LogP contribution in [0.1, 0.15) is 48.8 Å². The molecular formula is C18H27NO. The fourth-order valence-corrected chi connectivity index (χ4v) is 3.74. The second-order valence-electron chi connectivity index (χ2n) is 6.39. The van der Waals surface area contributed by atoms with Crippen molar-refractivity contribution >= 4 is 0 Å². The molecule has 2 nitrogen and oxygen atoms in total. The van der Waals surface area contributed by atoms with Gasteiger partial charge in [-0.15, -0.1) is 0 Å². The zero-order valence-corrected chi connectivity index (χ0v) is 12.7. The van der Waals surface area contributed by atoms with Crippen molar-refractivity contribution in [1.29, 1.82) is 0 Å². The van der Waals surface area contributed by atoms with Crippen molar-refractivity contribution in [3.05, 3.63) is 28.8 Å². The molecule has 1 aliphatic carbocycles. The van der Waals surface area contributed by atoms with Crippen LogP contribution in [-0.4, -0.2) is 20.2 Å². The third kappa shape index (κ3) is 3.17. The lowest BCUT2D eigenvalue weighted by Gasteiger charge is -2.24. The van der Waals surface area contributed by atoms with Gasteiger partial charge >= 0.3 is 0 Å². The first-order valence-corrected chi connectivity index (χ1v) is 8.26. The van der Waals surface area contributed by atoms with E-state index >= 15 is 0 Å². The van der Waals surface area contributed by atoms with E-state index in [0.29, 0.717) is 0 Å². The molecule has 0 saturated carbocycles. The summed E-state index contributed by atoms with van der Waals surface area (Å²) in [4.78, 5) is 0. The van der Waals surface area contributed by atoms with Crippen LogP contribution in [0.25, 0.3) is 0 Å². The van der Waals surface area contributed by atoms with Gasteiger partial charge in [0, 0.05) is 0 Å². The summed E-state index contributed by atoms with van der Waals surface area (Å²) in [6, 6.07) is 4.79. The zero-order valence-electron chi connectivity index (χ0n) is 12.7. The maximum absolute atomic E-state index is 5.68. The van der Waals surface area contributed by atoms with Gasteiger partial charge in [0.1, 0.15) is 5.75 Å². The summed E-state index contributed by atoms with van der Waals surface area (Å²) in [5.41, 5.74) is 4.57. The van der Waals surface area contributed by atoms with Crippen LogP contribution in [0.4, 0.5) is 0 Å².